The molecule has 2 aromatic rings. The van der Waals surface area contributed by atoms with E-state index < -0.39 is 0 Å². The number of nitrogen functional groups attached to an aromatic ring is 1. The van der Waals surface area contributed by atoms with E-state index in [9.17, 15) is 4.39 Å². The number of hydrogen-bond acceptors (Lipinski definition) is 2. The van der Waals surface area contributed by atoms with Crippen LogP contribution in [-0.4, -0.2) is 4.98 Å². The maximum absolute atomic E-state index is 13.8. The maximum Gasteiger partial charge on any atom is 0.145 e. The van der Waals surface area contributed by atoms with Gasteiger partial charge in [0.05, 0.1) is 9.50 Å². The van der Waals surface area contributed by atoms with Gasteiger partial charge in [-0.05, 0) is 28.1 Å². The van der Waals surface area contributed by atoms with E-state index in [4.69, 9.17) is 17.3 Å². The number of benzene rings is 1. The minimum absolute atomic E-state index is 0.251. The SMILES string of the molecule is Nc1ncc(Cl)cc1-c1cccc(Br)c1F. The molecule has 0 amide bonds. The Bertz CT molecular complexity index is 546. The molecule has 0 aliphatic rings. The van der Waals surface area contributed by atoms with Gasteiger partial charge < -0.3 is 5.73 Å². The van der Waals surface area contributed by atoms with Gasteiger partial charge >= 0.3 is 0 Å². The van der Waals surface area contributed by atoms with Crippen LogP contribution in [0.25, 0.3) is 11.1 Å². The molecule has 0 radical (unpaired) electrons. The first-order chi connectivity index (χ1) is 7.59. The zero-order chi connectivity index (χ0) is 11.7. The zero-order valence-corrected chi connectivity index (χ0v) is 10.4. The summed E-state index contributed by atoms with van der Waals surface area (Å²) in [4.78, 5) is 3.89. The number of rotatable bonds is 1. The van der Waals surface area contributed by atoms with Gasteiger partial charge in [0, 0.05) is 17.3 Å². The molecule has 0 fully saturated rings. The quantitative estimate of drug-likeness (QED) is 0.868. The summed E-state index contributed by atoms with van der Waals surface area (Å²) < 4.78 is 14.2. The lowest BCUT2D eigenvalue weighted by Crippen LogP contribution is -1.95. The van der Waals surface area contributed by atoms with Crippen molar-refractivity contribution in [2.45, 2.75) is 0 Å². The van der Waals surface area contributed by atoms with Crippen molar-refractivity contribution in [2.24, 2.45) is 0 Å². The van der Waals surface area contributed by atoms with Crippen molar-refractivity contribution in [1.82, 2.24) is 4.98 Å². The van der Waals surface area contributed by atoms with Crippen LogP contribution in [-0.2, 0) is 0 Å². The first-order valence-electron chi connectivity index (χ1n) is 4.45. The fraction of sp³-hybridized carbons (Fsp3) is 0. The summed E-state index contributed by atoms with van der Waals surface area (Å²) in [7, 11) is 0. The molecule has 0 saturated carbocycles. The topological polar surface area (TPSA) is 38.9 Å². The van der Waals surface area contributed by atoms with Crippen molar-refractivity contribution in [2.75, 3.05) is 5.73 Å². The van der Waals surface area contributed by atoms with Crippen LogP contribution in [0.2, 0.25) is 5.02 Å². The molecule has 2 rings (SSSR count). The first kappa shape index (κ1) is 11.4. The molecule has 5 heteroatoms. The molecule has 0 aliphatic heterocycles. The van der Waals surface area contributed by atoms with Gasteiger partial charge in [-0.25, -0.2) is 9.37 Å². The molecule has 2 nitrogen and oxygen atoms in total. The van der Waals surface area contributed by atoms with E-state index in [1.54, 1.807) is 24.3 Å². The highest BCUT2D eigenvalue weighted by atomic mass is 79.9. The van der Waals surface area contributed by atoms with Crippen molar-refractivity contribution in [3.63, 3.8) is 0 Å². The number of nitrogens with zero attached hydrogens (tertiary/aromatic N) is 1. The fourth-order valence-corrected chi connectivity index (χ4v) is 1.90. The van der Waals surface area contributed by atoms with E-state index in [-0.39, 0.29) is 11.6 Å². The predicted octanol–water partition coefficient (Wildman–Crippen LogP) is 3.89. The lowest BCUT2D eigenvalue weighted by molar-refractivity contribution is 0.624. The van der Waals surface area contributed by atoms with Crippen molar-refractivity contribution in [1.29, 1.82) is 0 Å². The largest absolute Gasteiger partial charge is 0.383 e. The van der Waals surface area contributed by atoms with Gasteiger partial charge in [0.25, 0.3) is 0 Å². The number of nitrogens with two attached hydrogens (primary N) is 1. The van der Waals surface area contributed by atoms with Gasteiger partial charge in [-0.1, -0.05) is 23.7 Å². The molecule has 1 heterocycles. The average molecular weight is 302 g/mol. The molecule has 0 atom stereocenters. The van der Waals surface area contributed by atoms with E-state index in [1.165, 1.54) is 6.20 Å². The molecule has 82 valence electrons. The highest BCUT2D eigenvalue weighted by Crippen LogP contribution is 2.31. The van der Waals surface area contributed by atoms with Crippen molar-refractivity contribution < 1.29 is 4.39 Å². The van der Waals surface area contributed by atoms with E-state index in [0.29, 0.717) is 20.6 Å². The van der Waals surface area contributed by atoms with E-state index in [2.05, 4.69) is 20.9 Å². The Balaban J connectivity index is 2.67. The van der Waals surface area contributed by atoms with Crippen LogP contribution in [0.15, 0.2) is 34.9 Å². The lowest BCUT2D eigenvalue weighted by Gasteiger charge is -2.07. The third-order valence-electron chi connectivity index (χ3n) is 2.13. The molecule has 1 aromatic heterocycles. The summed E-state index contributed by atoms with van der Waals surface area (Å²) in [5, 5.41) is 0.420. The minimum atomic E-state index is -0.377. The monoisotopic (exact) mass is 300 g/mol. The van der Waals surface area contributed by atoms with Gasteiger partial charge in [0.1, 0.15) is 11.6 Å². The molecule has 2 N–H and O–H groups in total. The summed E-state index contributed by atoms with van der Waals surface area (Å²) >= 11 is 8.92. The second-order valence-corrected chi connectivity index (χ2v) is 4.48. The van der Waals surface area contributed by atoms with Crippen LogP contribution in [0.5, 0.6) is 0 Å². The van der Waals surface area contributed by atoms with Gasteiger partial charge in [0.2, 0.25) is 0 Å². The third kappa shape index (κ3) is 2.03. The molecule has 0 bridgehead atoms. The van der Waals surface area contributed by atoms with Gasteiger partial charge in [-0.3, -0.25) is 0 Å². The minimum Gasteiger partial charge on any atom is -0.383 e. The van der Waals surface area contributed by atoms with Gasteiger partial charge in [0.15, 0.2) is 0 Å². The van der Waals surface area contributed by atoms with Crippen molar-refractivity contribution in [3.05, 3.63) is 45.8 Å². The van der Waals surface area contributed by atoms with Crippen LogP contribution < -0.4 is 5.73 Å². The van der Waals surface area contributed by atoms with Crippen LogP contribution in [0, 0.1) is 5.82 Å². The summed E-state index contributed by atoms with van der Waals surface area (Å²) in [6.07, 6.45) is 1.43. The maximum atomic E-state index is 13.8. The second-order valence-electron chi connectivity index (χ2n) is 3.19. The Morgan fingerprint density at radius 2 is 2.06 bits per heavy atom. The number of anilines is 1. The third-order valence-corrected chi connectivity index (χ3v) is 2.95. The highest BCUT2D eigenvalue weighted by molar-refractivity contribution is 9.10. The Morgan fingerprint density at radius 1 is 1.31 bits per heavy atom. The molecule has 0 unspecified atom stereocenters. The van der Waals surface area contributed by atoms with Crippen LogP contribution in [0.4, 0.5) is 10.2 Å². The van der Waals surface area contributed by atoms with E-state index >= 15 is 0 Å². The van der Waals surface area contributed by atoms with Gasteiger partial charge in [-0.15, -0.1) is 0 Å². The molecule has 0 aliphatic carbocycles. The summed E-state index contributed by atoms with van der Waals surface area (Å²) in [5.74, 6) is -0.125. The molecular weight excluding hydrogens is 294 g/mol. The van der Waals surface area contributed by atoms with Gasteiger partial charge in [-0.2, -0.15) is 0 Å². The normalized spacial score (nSPS) is 10.4. The van der Waals surface area contributed by atoms with Crippen molar-refractivity contribution in [3.8, 4) is 11.1 Å². The fourth-order valence-electron chi connectivity index (χ4n) is 1.38. The van der Waals surface area contributed by atoms with E-state index in [0.717, 1.165) is 0 Å². The Kier molecular flexibility index (Phi) is 3.12. The Morgan fingerprint density at radius 3 is 2.81 bits per heavy atom. The molecule has 1 aromatic carbocycles. The summed E-state index contributed by atoms with van der Waals surface area (Å²) in [5.41, 5.74) is 6.56. The first-order valence-corrected chi connectivity index (χ1v) is 5.62. The highest BCUT2D eigenvalue weighted by Gasteiger charge is 2.11. The molecular formula is C11H7BrClFN2. The van der Waals surface area contributed by atoms with Crippen molar-refractivity contribution >= 4 is 33.3 Å². The smallest absolute Gasteiger partial charge is 0.145 e. The average Bonchev–Trinajstić information content (AvgIpc) is 2.26. The number of pyridine rings is 1. The Labute approximate surface area is 105 Å². The number of hydrogen-bond donors (Lipinski definition) is 1. The summed E-state index contributed by atoms with van der Waals surface area (Å²) in [6.45, 7) is 0. The van der Waals surface area contributed by atoms with Crippen LogP contribution in [0.3, 0.4) is 0 Å². The lowest BCUT2D eigenvalue weighted by atomic mass is 10.1. The molecule has 0 saturated heterocycles. The number of halogens is 3. The summed E-state index contributed by atoms with van der Waals surface area (Å²) in [6, 6.07) is 6.56. The predicted molar refractivity (Wildman–Crippen MR) is 66.8 cm³/mol. The standard InChI is InChI=1S/C11H7BrClFN2/c12-9-3-1-2-7(10(9)14)8-4-6(13)5-16-11(8)15/h1-5H,(H2,15,16). The zero-order valence-electron chi connectivity index (χ0n) is 8.05. The molecule has 0 spiro atoms. The van der Waals surface area contributed by atoms with Crippen LogP contribution in [0.1, 0.15) is 0 Å². The Hall–Kier alpha value is -1.13. The molecule has 16 heavy (non-hydrogen) atoms. The number of aromatic nitrogens is 1. The van der Waals surface area contributed by atoms with Crippen LogP contribution >= 0.6 is 27.5 Å². The second kappa shape index (κ2) is 4.39. The van der Waals surface area contributed by atoms with E-state index in [1.807, 2.05) is 0 Å².